The van der Waals surface area contributed by atoms with E-state index in [1.165, 1.54) is 6.08 Å². The summed E-state index contributed by atoms with van der Waals surface area (Å²) in [5.74, 6) is -0.209. The molecule has 28 heavy (non-hydrogen) atoms. The number of hydrogen-bond donors (Lipinski definition) is 3. The fraction of sp³-hybridized carbons (Fsp3) is 0.0952. The number of anilines is 1. The van der Waals surface area contributed by atoms with Crippen LogP contribution in [0.3, 0.4) is 0 Å². The average molecular weight is 375 g/mol. The molecule has 7 nitrogen and oxygen atoms in total. The number of aromatic nitrogens is 2. The predicted molar refractivity (Wildman–Crippen MR) is 109 cm³/mol. The summed E-state index contributed by atoms with van der Waals surface area (Å²) >= 11 is 0. The fourth-order valence-electron chi connectivity index (χ4n) is 2.66. The van der Waals surface area contributed by atoms with Crippen molar-refractivity contribution >= 4 is 23.7 Å². The van der Waals surface area contributed by atoms with Crippen LogP contribution in [0.4, 0.5) is 10.5 Å². The lowest BCUT2D eigenvalue weighted by Crippen LogP contribution is -2.24. The number of primary amides is 1. The molecular formula is C21H21N5O2. The Labute approximate surface area is 162 Å². The van der Waals surface area contributed by atoms with E-state index in [0.717, 1.165) is 16.8 Å². The molecule has 0 aliphatic heterocycles. The van der Waals surface area contributed by atoms with Crippen molar-refractivity contribution in [2.45, 2.75) is 13.0 Å². The minimum atomic E-state index is -0.616. The number of hydrogen-bond acceptors (Lipinski definition) is 3. The van der Waals surface area contributed by atoms with E-state index in [1.54, 1.807) is 29.1 Å². The average Bonchev–Trinajstić information content (AvgIpc) is 3.16. The number of rotatable bonds is 6. The second kappa shape index (κ2) is 8.68. The van der Waals surface area contributed by atoms with E-state index in [-0.39, 0.29) is 11.9 Å². The second-order valence-corrected chi connectivity index (χ2v) is 6.23. The summed E-state index contributed by atoms with van der Waals surface area (Å²) in [7, 11) is 0. The quantitative estimate of drug-likeness (QED) is 0.576. The number of para-hydroxylation sites is 1. The van der Waals surface area contributed by atoms with E-state index >= 15 is 0 Å². The van der Waals surface area contributed by atoms with Gasteiger partial charge in [-0.3, -0.25) is 4.79 Å². The Bertz CT molecular complexity index is 978. The van der Waals surface area contributed by atoms with Crippen LogP contribution in [-0.4, -0.2) is 21.7 Å². The molecule has 0 saturated heterocycles. The number of benzene rings is 2. The minimum absolute atomic E-state index is 0.188. The van der Waals surface area contributed by atoms with Crippen molar-refractivity contribution in [3.05, 3.63) is 84.2 Å². The fourth-order valence-corrected chi connectivity index (χ4v) is 2.66. The van der Waals surface area contributed by atoms with Crippen LogP contribution in [0.25, 0.3) is 11.8 Å². The number of nitrogens with two attached hydrogens (primary N) is 1. The van der Waals surface area contributed by atoms with Crippen molar-refractivity contribution in [2.75, 3.05) is 5.32 Å². The van der Waals surface area contributed by atoms with Crippen molar-refractivity contribution in [2.24, 2.45) is 5.73 Å². The minimum Gasteiger partial charge on any atom is -0.351 e. The molecule has 0 radical (unpaired) electrons. The Kier molecular flexibility index (Phi) is 5.86. The molecule has 142 valence electrons. The van der Waals surface area contributed by atoms with E-state index in [1.807, 2.05) is 55.6 Å². The number of carbonyl (C=O) groups is 2. The molecule has 0 aliphatic rings. The van der Waals surface area contributed by atoms with Gasteiger partial charge < -0.3 is 16.4 Å². The second-order valence-electron chi connectivity index (χ2n) is 6.23. The molecule has 1 atom stereocenters. The SMILES string of the molecule is CC(NC(=O)/C=C/c1cnn(-c2ccccc2)c1)c1ccc(NC(N)=O)cc1. The van der Waals surface area contributed by atoms with Crippen LogP contribution in [0.2, 0.25) is 0 Å². The number of urea groups is 1. The molecule has 0 spiro atoms. The maximum Gasteiger partial charge on any atom is 0.316 e. The van der Waals surface area contributed by atoms with Gasteiger partial charge in [-0.15, -0.1) is 0 Å². The molecule has 3 aromatic rings. The maximum absolute atomic E-state index is 12.2. The third-order valence-corrected chi connectivity index (χ3v) is 4.09. The van der Waals surface area contributed by atoms with Crippen LogP contribution < -0.4 is 16.4 Å². The van der Waals surface area contributed by atoms with Crippen molar-refractivity contribution in [3.63, 3.8) is 0 Å². The van der Waals surface area contributed by atoms with Gasteiger partial charge in [0.05, 0.1) is 17.9 Å². The first-order valence-electron chi connectivity index (χ1n) is 8.76. The van der Waals surface area contributed by atoms with E-state index in [2.05, 4.69) is 15.7 Å². The molecule has 3 rings (SSSR count). The summed E-state index contributed by atoms with van der Waals surface area (Å²) in [5, 5.41) is 9.69. The molecule has 0 aliphatic carbocycles. The van der Waals surface area contributed by atoms with Crippen LogP contribution in [0.15, 0.2) is 73.1 Å². The molecular weight excluding hydrogens is 354 g/mol. The Hall–Kier alpha value is -3.87. The number of amides is 3. The summed E-state index contributed by atoms with van der Waals surface area (Å²) in [5.41, 5.74) is 8.38. The van der Waals surface area contributed by atoms with Crippen molar-refractivity contribution in [1.82, 2.24) is 15.1 Å². The highest BCUT2D eigenvalue weighted by Gasteiger charge is 2.08. The van der Waals surface area contributed by atoms with Gasteiger partial charge in [0, 0.05) is 23.5 Å². The van der Waals surface area contributed by atoms with Crippen LogP contribution in [0.5, 0.6) is 0 Å². The third kappa shape index (κ3) is 5.07. The van der Waals surface area contributed by atoms with Crippen LogP contribution >= 0.6 is 0 Å². The van der Waals surface area contributed by atoms with E-state index in [9.17, 15) is 9.59 Å². The first kappa shape index (κ1) is 18.9. The zero-order chi connectivity index (χ0) is 19.9. The Morgan fingerprint density at radius 1 is 1.11 bits per heavy atom. The number of nitrogens with zero attached hydrogens (tertiary/aromatic N) is 2. The first-order valence-corrected chi connectivity index (χ1v) is 8.76. The highest BCUT2D eigenvalue weighted by Crippen LogP contribution is 2.16. The molecule has 1 heterocycles. The van der Waals surface area contributed by atoms with Crippen LogP contribution in [0, 0.1) is 0 Å². The molecule has 3 amide bonds. The molecule has 2 aromatic carbocycles. The van der Waals surface area contributed by atoms with Gasteiger partial charge in [-0.25, -0.2) is 9.48 Å². The van der Waals surface area contributed by atoms with Gasteiger partial charge in [-0.2, -0.15) is 5.10 Å². The summed E-state index contributed by atoms with van der Waals surface area (Å²) in [6, 6.07) is 16.1. The van der Waals surface area contributed by atoms with Gasteiger partial charge in [0.2, 0.25) is 5.91 Å². The summed E-state index contributed by atoms with van der Waals surface area (Å²) in [6.07, 6.45) is 6.75. The smallest absolute Gasteiger partial charge is 0.316 e. The first-order chi connectivity index (χ1) is 13.5. The zero-order valence-electron chi connectivity index (χ0n) is 15.4. The number of carbonyl (C=O) groups excluding carboxylic acids is 2. The van der Waals surface area contributed by atoms with Gasteiger partial charge in [-0.1, -0.05) is 30.3 Å². The normalized spacial score (nSPS) is 11.9. The zero-order valence-corrected chi connectivity index (χ0v) is 15.4. The maximum atomic E-state index is 12.2. The monoisotopic (exact) mass is 375 g/mol. The van der Waals surface area contributed by atoms with Gasteiger partial charge in [0.1, 0.15) is 0 Å². The van der Waals surface area contributed by atoms with Gasteiger partial charge >= 0.3 is 6.03 Å². The van der Waals surface area contributed by atoms with Gasteiger partial charge in [0.15, 0.2) is 0 Å². The Morgan fingerprint density at radius 3 is 2.50 bits per heavy atom. The summed E-state index contributed by atoms with van der Waals surface area (Å²) < 4.78 is 1.75. The van der Waals surface area contributed by atoms with E-state index in [4.69, 9.17) is 5.73 Å². The van der Waals surface area contributed by atoms with Crippen LogP contribution in [-0.2, 0) is 4.79 Å². The highest BCUT2D eigenvalue weighted by atomic mass is 16.2. The molecule has 4 N–H and O–H groups in total. The lowest BCUT2D eigenvalue weighted by molar-refractivity contribution is -0.117. The number of nitrogens with one attached hydrogen (secondary N) is 2. The third-order valence-electron chi connectivity index (χ3n) is 4.09. The molecule has 0 saturated carbocycles. The topological polar surface area (TPSA) is 102 Å². The molecule has 1 unspecified atom stereocenters. The highest BCUT2D eigenvalue weighted by molar-refractivity contribution is 5.92. The van der Waals surface area contributed by atoms with Crippen molar-refractivity contribution in [1.29, 1.82) is 0 Å². The van der Waals surface area contributed by atoms with Crippen LogP contribution in [0.1, 0.15) is 24.1 Å². The summed E-state index contributed by atoms with van der Waals surface area (Å²) in [4.78, 5) is 23.0. The summed E-state index contributed by atoms with van der Waals surface area (Å²) in [6.45, 7) is 1.88. The van der Waals surface area contributed by atoms with Gasteiger partial charge in [-0.05, 0) is 42.8 Å². The standard InChI is InChI=1S/C21H21N5O2/c1-15(17-8-10-18(11-9-17)25-21(22)28)24-20(27)12-7-16-13-23-26(14-16)19-5-3-2-4-6-19/h2-15H,1H3,(H,24,27)(H3,22,25,28)/b12-7+. The lowest BCUT2D eigenvalue weighted by atomic mass is 10.1. The molecule has 0 bridgehead atoms. The molecule has 7 heteroatoms. The lowest BCUT2D eigenvalue weighted by Gasteiger charge is -2.13. The predicted octanol–water partition coefficient (Wildman–Crippen LogP) is 3.25. The van der Waals surface area contributed by atoms with E-state index < -0.39 is 6.03 Å². The van der Waals surface area contributed by atoms with Crippen molar-refractivity contribution in [3.8, 4) is 5.69 Å². The largest absolute Gasteiger partial charge is 0.351 e. The Morgan fingerprint density at radius 2 is 1.82 bits per heavy atom. The van der Waals surface area contributed by atoms with E-state index in [0.29, 0.717) is 5.69 Å². The van der Waals surface area contributed by atoms with Crippen molar-refractivity contribution < 1.29 is 9.59 Å². The van der Waals surface area contributed by atoms with Gasteiger partial charge in [0.25, 0.3) is 0 Å². The molecule has 0 fully saturated rings. The Balaban J connectivity index is 1.57. The molecule has 1 aromatic heterocycles.